The molecule has 1 N–H and O–H groups in total. The summed E-state index contributed by atoms with van der Waals surface area (Å²) in [4.78, 5) is 4.25. The van der Waals surface area contributed by atoms with E-state index in [1.165, 1.54) is 5.56 Å². The van der Waals surface area contributed by atoms with Crippen molar-refractivity contribution in [2.24, 2.45) is 5.92 Å². The second-order valence-corrected chi connectivity index (χ2v) is 6.18. The van der Waals surface area contributed by atoms with Crippen molar-refractivity contribution >= 4 is 0 Å². The van der Waals surface area contributed by atoms with Crippen LogP contribution in [0.25, 0.3) is 11.3 Å². The highest BCUT2D eigenvalue weighted by Crippen LogP contribution is 2.49. The predicted octanol–water partition coefficient (Wildman–Crippen LogP) is 2.90. The molecule has 4 rings (SSSR count). The van der Waals surface area contributed by atoms with Crippen LogP contribution in [0.2, 0.25) is 0 Å². The quantitative estimate of drug-likeness (QED) is 0.873. The first-order valence-corrected chi connectivity index (χ1v) is 7.46. The normalized spacial score (nSPS) is 30.5. The van der Waals surface area contributed by atoms with Gasteiger partial charge < -0.3 is 9.67 Å². The van der Waals surface area contributed by atoms with Crippen LogP contribution >= 0.6 is 0 Å². The fraction of sp³-hybridized carbons (Fsp3) is 0.412. The molecule has 1 fully saturated rings. The number of fused-ring (bicyclic) bond motifs is 3. The van der Waals surface area contributed by atoms with Crippen LogP contribution < -0.4 is 0 Å². The van der Waals surface area contributed by atoms with Crippen LogP contribution in [0.4, 0.5) is 0 Å². The number of aliphatic hydroxyl groups is 1. The van der Waals surface area contributed by atoms with E-state index in [9.17, 15) is 5.11 Å². The lowest BCUT2D eigenvalue weighted by Crippen LogP contribution is -2.42. The van der Waals surface area contributed by atoms with E-state index in [0.29, 0.717) is 12.8 Å². The van der Waals surface area contributed by atoms with Gasteiger partial charge in [-0.3, -0.25) is 0 Å². The van der Waals surface area contributed by atoms with Gasteiger partial charge in [0.25, 0.3) is 0 Å². The summed E-state index contributed by atoms with van der Waals surface area (Å²) in [5.41, 5.74) is 2.63. The van der Waals surface area contributed by atoms with Gasteiger partial charge in [0.15, 0.2) is 0 Å². The molecule has 0 bridgehead atoms. The van der Waals surface area contributed by atoms with Gasteiger partial charge in [0, 0.05) is 11.5 Å². The van der Waals surface area contributed by atoms with Gasteiger partial charge in [-0.2, -0.15) is 5.26 Å². The Bertz CT molecular complexity index is 720. The van der Waals surface area contributed by atoms with Crippen molar-refractivity contribution in [2.45, 2.75) is 37.3 Å². The van der Waals surface area contributed by atoms with Crippen molar-refractivity contribution in [2.75, 3.05) is 0 Å². The van der Waals surface area contributed by atoms with Gasteiger partial charge in [-0.15, -0.1) is 0 Å². The lowest BCUT2D eigenvalue weighted by Gasteiger charge is -2.39. The Labute approximate surface area is 123 Å². The first-order valence-electron chi connectivity index (χ1n) is 7.46. The average molecular weight is 279 g/mol. The summed E-state index contributed by atoms with van der Waals surface area (Å²) in [6.07, 6.45) is 6.56. The molecule has 1 aliphatic heterocycles. The van der Waals surface area contributed by atoms with Crippen LogP contribution in [0.1, 0.15) is 37.3 Å². The van der Waals surface area contributed by atoms with Crippen molar-refractivity contribution in [3.63, 3.8) is 0 Å². The highest BCUT2D eigenvalue weighted by molar-refractivity contribution is 5.69. The highest BCUT2D eigenvalue weighted by Gasteiger charge is 2.46. The first kappa shape index (κ1) is 12.6. The molecular formula is C17H17N3O. The Morgan fingerprint density at radius 2 is 2.05 bits per heavy atom. The number of rotatable bonds is 1. The second-order valence-electron chi connectivity index (χ2n) is 6.18. The largest absolute Gasteiger partial charge is 0.387 e. The Balaban J connectivity index is 1.78. The third kappa shape index (κ3) is 1.74. The molecule has 1 aromatic heterocycles. The average Bonchev–Trinajstić information content (AvgIpc) is 3.08. The summed E-state index contributed by atoms with van der Waals surface area (Å²) in [5.74, 6) is 0.0872. The smallest absolute Gasteiger partial charge is 0.0957 e. The van der Waals surface area contributed by atoms with Crippen LogP contribution in [0.5, 0.6) is 0 Å². The number of imidazole rings is 1. The lowest BCUT2D eigenvalue weighted by molar-refractivity contribution is -0.0344. The van der Waals surface area contributed by atoms with Crippen molar-refractivity contribution in [3.8, 4) is 17.3 Å². The fourth-order valence-electron chi connectivity index (χ4n) is 3.91. The van der Waals surface area contributed by atoms with E-state index in [1.807, 2.05) is 24.7 Å². The molecule has 1 atom stereocenters. The zero-order chi connectivity index (χ0) is 14.4. The van der Waals surface area contributed by atoms with Crippen molar-refractivity contribution < 1.29 is 5.11 Å². The summed E-state index contributed by atoms with van der Waals surface area (Å²) < 4.78 is 2.09. The van der Waals surface area contributed by atoms with E-state index in [0.717, 1.165) is 24.1 Å². The third-order valence-electron chi connectivity index (χ3n) is 5.02. The third-order valence-corrected chi connectivity index (χ3v) is 5.02. The molecule has 0 radical (unpaired) electrons. The second kappa shape index (κ2) is 4.44. The minimum absolute atomic E-state index is 0.0779. The minimum Gasteiger partial charge on any atom is -0.387 e. The number of nitriles is 1. The van der Waals surface area contributed by atoms with Crippen molar-refractivity contribution in [1.82, 2.24) is 9.55 Å². The fourth-order valence-corrected chi connectivity index (χ4v) is 3.91. The van der Waals surface area contributed by atoms with Gasteiger partial charge in [-0.1, -0.05) is 24.3 Å². The monoisotopic (exact) mass is 279 g/mol. The maximum atomic E-state index is 11.2. The van der Waals surface area contributed by atoms with E-state index in [4.69, 9.17) is 5.26 Å². The Morgan fingerprint density at radius 3 is 2.81 bits per heavy atom. The van der Waals surface area contributed by atoms with Gasteiger partial charge in [-0.05, 0) is 31.2 Å². The van der Waals surface area contributed by atoms with Gasteiger partial charge in [0.1, 0.15) is 0 Å². The molecule has 1 aliphatic carbocycles. The summed E-state index contributed by atoms with van der Waals surface area (Å²) in [7, 11) is 0. The first-order chi connectivity index (χ1) is 10.2. The number of nitrogens with zero attached hydrogens (tertiary/aromatic N) is 3. The molecule has 1 saturated carbocycles. The van der Waals surface area contributed by atoms with Crippen LogP contribution in [-0.4, -0.2) is 20.3 Å². The van der Waals surface area contributed by atoms with E-state index in [1.54, 1.807) is 0 Å². The van der Waals surface area contributed by atoms with E-state index < -0.39 is 5.60 Å². The summed E-state index contributed by atoms with van der Waals surface area (Å²) in [6, 6.07) is 10.5. The molecule has 2 heterocycles. The van der Waals surface area contributed by atoms with Gasteiger partial charge in [0.2, 0.25) is 0 Å². The van der Waals surface area contributed by atoms with Crippen LogP contribution in [0.15, 0.2) is 36.8 Å². The zero-order valence-corrected chi connectivity index (χ0v) is 11.7. The molecule has 2 aromatic rings. The summed E-state index contributed by atoms with van der Waals surface area (Å²) in [5, 5.41) is 20.3. The van der Waals surface area contributed by atoms with E-state index in [-0.39, 0.29) is 12.0 Å². The number of hydrogen-bond acceptors (Lipinski definition) is 3. The lowest BCUT2D eigenvalue weighted by atomic mass is 9.73. The predicted molar refractivity (Wildman–Crippen MR) is 78.3 cm³/mol. The van der Waals surface area contributed by atoms with Gasteiger partial charge >= 0.3 is 0 Å². The molecule has 4 nitrogen and oxygen atoms in total. The summed E-state index contributed by atoms with van der Waals surface area (Å²) in [6.45, 7) is 0. The van der Waals surface area contributed by atoms with Crippen LogP contribution in [-0.2, 0) is 0 Å². The standard InChI is InChI=1S/C17H17N3O/c18-9-12-5-7-17(21,8-6-12)16-14-4-2-1-3-13(14)15-10-19-11-20(15)16/h1-4,10-12,16,21H,5-8H2/t12-,16-,17-/m1/s1. The maximum Gasteiger partial charge on any atom is 0.0957 e. The Hall–Kier alpha value is -2.12. The zero-order valence-electron chi connectivity index (χ0n) is 11.7. The van der Waals surface area contributed by atoms with Crippen molar-refractivity contribution in [1.29, 1.82) is 5.26 Å². The van der Waals surface area contributed by atoms with Gasteiger partial charge in [-0.25, -0.2) is 4.98 Å². The van der Waals surface area contributed by atoms with Gasteiger partial charge in [0.05, 0.1) is 35.9 Å². The Morgan fingerprint density at radius 1 is 1.29 bits per heavy atom. The number of benzene rings is 1. The topological polar surface area (TPSA) is 61.8 Å². The van der Waals surface area contributed by atoms with Crippen molar-refractivity contribution in [3.05, 3.63) is 42.4 Å². The molecule has 4 heteroatoms. The Kier molecular flexibility index (Phi) is 2.66. The molecule has 0 spiro atoms. The molecule has 1 aromatic carbocycles. The number of hydrogen-bond donors (Lipinski definition) is 1. The molecule has 0 amide bonds. The van der Waals surface area contributed by atoms with E-state index >= 15 is 0 Å². The van der Waals surface area contributed by atoms with E-state index in [2.05, 4.69) is 27.8 Å². The molecule has 21 heavy (non-hydrogen) atoms. The molecular weight excluding hydrogens is 262 g/mol. The number of aromatic nitrogens is 2. The highest BCUT2D eigenvalue weighted by atomic mass is 16.3. The molecule has 106 valence electrons. The maximum absolute atomic E-state index is 11.2. The molecule has 0 saturated heterocycles. The molecule has 2 aliphatic rings. The molecule has 0 unspecified atom stereocenters. The SMILES string of the molecule is N#C[C@H]1CC[C@@](O)([C@H]2c3ccccc3-c3cncn32)CC1. The van der Waals surface area contributed by atoms with Crippen LogP contribution in [0.3, 0.4) is 0 Å². The van der Waals surface area contributed by atoms with Crippen LogP contribution in [0, 0.1) is 17.2 Å². The minimum atomic E-state index is -0.782. The summed E-state index contributed by atoms with van der Waals surface area (Å²) >= 11 is 0.